The Hall–Kier alpha value is -0.590. The molecular formula is C13H17BrN2O2S. The molecule has 2 aliphatic rings. The molecule has 2 aliphatic carbocycles. The van der Waals surface area contributed by atoms with Crippen molar-refractivity contribution in [2.24, 2.45) is 11.3 Å². The summed E-state index contributed by atoms with van der Waals surface area (Å²) < 4.78 is 27.9. The van der Waals surface area contributed by atoms with Crippen LogP contribution in [-0.2, 0) is 10.0 Å². The van der Waals surface area contributed by atoms with Crippen molar-refractivity contribution in [1.29, 1.82) is 0 Å². The lowest BCUT2D eigenvalue weighted by molar-refractivity contribution is 0.432. The van der Waals surface area contributed by atoms with Crippen molar-refractivity contribution in [2.75, 3.05) is 12.3 Å². The molecule has 0 amide bonds. The zero-order valence-electron chi connectivity index (χ0n) is 10.5. The maximum absolute atomic E-state index is 12.3. The Morgan fingerprint density at radius 3 is 2.58 bits per heavy atom. The highest BCUT2D eigenvalue weighted by Gasteiger charge is 2.53. The Balaban J connectivity index is 1.75. The molecule has 0 bridgehead atoms. The molecule has 0 saturated heterocycles. The second-order valence-corrected chi connectivity index (χ2v) is 8.24. The Bertz CT molecular complexity index is 607. The second-order valence-electron chi connectivity index (χ2n) is 5.65. The largest absolute Gasteiger partial charge is 0.399 e. The van der Waals surface area contributed by atoms with Crippen LogP contribution in [0.5, 0.6) is 0 Å². The minimum Gasteiger partial charge on any atom is -0.399 e. The number of nitrogen functional groups attached to an aromatic ring is 1. The molecule has 0 unspecified atom stereocenters. The molecule has 0 spiro atoms. The molecule has 6 heteroatoms. The zero-order valence-corrected chi connectivity index (χ0v) is 12.9. The lowest BCUT2D eigenvalue weighted by Gasteiger charge is -2.15. The van der Waals surface area contributed by atoms with Crippen LogP contribution in [-0.4, -0.2) is 15.0 Å². The van der Waals surface area contributed by atoms with Crippen molar-refractivity contribution in [3.8, 4) is 0 Å². The standard InChI is InChI=1S/C13H17BrN2O2S/c14-11-7-10(15)3-4-12(11)19(17,18)16-8-13(5-6-13)9-1-2-9/h3-4,7,9,16H,1-2,5-6,8,15H2. The smallest absolute Gasteiger partial charge is 0.241 e. The molecule has 19 heavy (non-hydrogen) atoms. The topological polar surface area (TPSA) is 72.2 Å². The summed E-state index contributed by atoms with van der Waals surface area (Å²) in [7, 11) is -3.46. The molecule has 3 N–H and O–H groups in total. The number of benzene rings is 1. The van der Waals surface area contributed by atoms with Crippen molar-refractivity contribution in [3.63, 3.8) is 0 Å². The third kappa shape index (κ3) is 2.66. The Morgan fingerprint density at radius 2 is 2.05 bits per heavy atom. The average Bonchev–Trinajstić information content (AvgIpc) is 3.19. The third-order valence-corrected chi connectivity index (χ3v) is 6.57. The molecule has 0 atom stereocenters. The van der Waals surface area contributed by atoms with Crippen molar-refractivity contribution in [3.05, 3.63) is 22.7 Å². The van der Waals surface area contributed by atoms with Crippen LogP contribution in [0.4, 0.5) is 5.69 Å². The van der Waals surface area contributed by atoms with Gasteiger partial charge in [-0.05, 0) is 71.1 Å². The van der Waals surface area contributed by atoms with E-state index in [0.717, 1.165) is 18.8 Å². The summed E-state index contributed by atoms with van der Waals surface area (Å²) in [5, 5.41) is 0. The molecule has 0 heterocycles. The highest BCUT2D eigenvalue weighted by atomic mass is 79.9. The van der Waals surface area contributed by atoms with E-state index in [0.29, 0.717) is 16.7 Å². The number of hydrogen-bond acceptors (Lipinski definition) is 3. The van der Waals surface area contributed by atoms with Gasteiger partial charge in [-0.2, -0.15) is 0 Å². The summed E-state index contributed by atoms with van der Waals surface area (Å²) in [5.74, 6) is 0.741. The van der Waals surface area contributed by atoms with Gasteiger partial charge >= 0.3 is 0 Å². The first-order chi connectivity index (χ1) is 8.93. The molecule has 0 aliphatic heterocycles. The fourth-order valence-electron chi connectivity index (χ4n) is 2.64. The van der Waals surface area contributed by atoms with E-state index in [2.05, 4.69) is 20.7 Å². The van der Waals surface area contributed by atoms with Crippen LogP contribution >= 0.6 is 15.9 Å². The minimum atomic E-state index is -3.46. The van der Waals surface area contributed by atoms with E-state index in [1.54, 1.807) is 18.2 Å². The van der Waals surface area contributed by atoms with E-state index in [9.17, 15) is 8.42 Å². The highest BCUT2D eigenvalue weighted by Crippen LogP contribution is 2.60. The van der Waals surface area contributed by atoms with Crippen LogP contribution < -0.4 is 10.5 Å². The van der Waals surface area contributed by atoms with Crippen molar-refractivity contribution in [1.82, 2.24) is 4.72 Å². The van der Waals surface area contributed by atoms with Gasteiger partial charge in [0.15, 0.2) is 0 Å². The lowest BCUT2D eigenvalue weighted by Crippen LogP contribution is -2.31. The number of nitrogens with one attached hydrogen (secondary N) is 1. The second kappa shape index (κ2) is 4.46. The molecule has 104 valence electrons. The van der Waals surface area contributed by atoms with Gasteiger partial charge in [-0.25, -0.2) is 13.1 Å². The van der Waals surface area contributed by atoms with Gasteiger partial charge in [-0.3, -0.25) is 0 Å². The lowest BCUT2D eigenvalue weighted by atomic mass is 10.0. The van der Waals surface area contributed by atoms with Gasteiger partial charge in [0, 0.05) is 16.7 Å². The van der Waals surface area contributed by atoms with Gasteiger partial charge in [-0.15, -0.1) is 0 Å². The molecule has 2 fully saturated rings. The maximum atomic E-state index is 12.3. The van der Waals surface area contributed by atoms with E-state index in [1.807, 2.05) is 0 Å². The molecule has 1 aromatic rings. The van der Waals surface area contributed by atoms with Crippen LogP contribution in [0, 0.1) is 11.3 Å². The summed E-state index contributed by atoms with van der Waals surface area (Å²) in [6, 6.07) is 4.76. The molecular weight excluding hydrogens is 328 g/mol. The predicted octanol–water partition coefficient (Wildman–Crippen LogP) is 2.50. The summed E-state index contributed by atoms with van der Waals surface area (Å²) >= 11 is 3.26. The van der Waals surface area contributed by atoms with Gasteiger partial charge in [0.2, 0.25) is 10.0 Å². The van der Waals surface area contributed by atoms with Crippen molar-refractivity contribution in [2.45, 2.75) is 30.6 Å². The van der Waals surface area contributed by atoms with E-state index in [1.165, 1.54) is 12.8 Å². The number of nitrogens with two attached hydrogens (primary N) is 1. The maximum Gasteiger partial charge on any atom is 0.241 e. The average molecular weight is 345 g/mol. The van der Waals surface area contributed by atoms with Crippen molar-refractivity contribution >= 4 is 31.6 Å². The van der Waals surface area contributed by atoms with Gasteiger partial charge in [0.1, 0.15) is 0 Å². The van der Waals surface area contributed by atoms with Crippen LogP contribution in [0.25, 0.3) is 0 Å². The molecule has 4 nitrogen and oxygen atoms in total. The molecule has 2 saturated carbocycles. The van der Waals surface area contributed by atoms with Gasteiger partial charge in [0.25, 0.3) is 0 Å². The molecule has 0 radical (unpaired) electrons. The summed E-state index contributed by atoms with van der Waals surface area (Å²) in [4.78, 5) is 0.258. The van der Waals surface area contributed by atoms with Crippen molar-refractivity contribution < 1.29 is 8.42 Å². The summed E-state index contributed by atoms with van der Waals surface area (Å²) in [6.07, 6.45) is 4.83. The van der Waals surface area contributed by atoms with E-state index < -0.39 is 10.0 Å². The number of hydrogen-bond donors (Lipinski definition) is 2. The quantitative estimate of drug-likeness (QED) is 0.806. The Kier molecular flexibility index (Phi) is 3.15. The first kappa shape index (κ1) is 13.4. The number of anilines is 1. The normalized spacial score (nSPS) is 21.3. The molecule has 1 aromatic carbocycles. The van der Waals surface area contributed by atoms with Crippen LogP contribution in [0.1, 0.15) is 25.7 Å². The fourth-order valence-corrected chi connectivity index (χ4v) is 4.87. The van der Waals surface area contributed by atoms with Gasteiger partial charge in [0.05, 0.1) is 4.90 Å². The number of sulfonamides is 1. The van der Waals surface area contributed by atoms with Crippen LogP contribution in [0.15, 0.2) is 27.6 Å². The molecule has 3 rings (SSSR count). The van der Waals surface area contributed by atoms with E-state index >= 15 is 0 Å². The minimum absolute atomic E-state index is 0.257. The number of halogens is 1. The fraction of sp³-hybridized carbons (Fsp3) is 0.538. The Morgan fingerprint density at radius 1 is 1.37 bits per heavy atom. The number of rotatable bonds is 5. The SMILES string of the molecule is Nc1ccc(S(=O)(=O)NCC2(C3CC3)CC2)c(Br)c1. The first-order valence-corrected chi connectivity index (χ1v) is 8.75. The van der Waals surface area contributed by atoms with Gasteiger partial charge in [-0.1, -0.05) is 0 Å². The summed E-state index contributed by atoms with van der Waals surface area (Å²) in [5.41, 5.74) is 6.43. The van der Waals surface area contributed by atoms with Crippen LogP contribution in [0.3, 0.4) is 0 Å². The van der Waals surface area contributed by atoms with Crippen LogP contribution in [0.2, 0.25) is 0 Å². The van der Waals surface area contributed by atoms with E-state index in [-0.39, 0.29) is 10.3 Å². The zero-order chi connectivity index (χ0) is 13.7. The van der Waals surface area contributed by atoms with E-state index in [4.69, 9.17) is 5.73 Å². The summed E-state index contributed by atoms with van der Waals surface area (Å²) in [6.45, 7) is 0.566. The predicted molar refractivity (Wildman–Crippen MR) is 78.1 cm³/mol. The third-order valence-electron chi connectivity index (χ3n) is 4.20. The molecule has 0 aromatic heterocycles. The first-order valence-electron chi connectivity index (χ1n) is 6.48. The Labute approximate surface area is 121 Å². The highest BCUT2D eigenvalue weighted by molar-refractivity contribution is 9.10. The monoisotopic (exact) mass is 344 g/mol. The van der Waals surface area contributed by atoms with Gasteiger partial charge < -0.3 is 5.73 Å².